The number of nitrogens with zero attached hydrogens (tertiary/aromatic N) is 1. The van der Waals surface area contributed by atoms with E-state index < -0.39 is 10.0 Å². The summed E-state index contributed by atoms with van der Waals surface area (Å²) in [5, 5.41) is 3.17. The maximum Gasteiger partial charge on any atom is 0.246 e. The molecule has 0 radical (unpaired) electrons. The summed E-state index contributed by atoms with van der Waals surface area (Å²) in [4.78, 5) is 0.214. The zero-order valence-corrected chi connectivity index (χ0v) is 14.8. The van der Waals surface area contributed by atoms with Crippen molar-refractivity contribution in [2.75, 3.05) is 26.2 Å². The Labute approximate surface area is 143 Å². The standard InChI is InChI=1S/C18H22N2O3S/c1-14-11-15(2)13-16(12-14)23-17-5-3-4-6-18(17)24(21,22)20-9-7-19-8-10-20/h3-6,11-13,19H,7-10H2,1-2H3. The number of piperazine rings is 1. The van der Waals surface area contributed by atoms with E-state index in [1.807, 2.05) is 26.0 Å². The number of aryl methyl sites for hydroxylation is 2. The minimum atomic E-state index is -3.56. The molecule has 1 aliphatic heterocycles. The maximum absolute atomic E-state index is 13.0. The molecule has 6 heteroatoms. The summed E-state index contributed by atoms with van der Waals surface area (Å²) < 4.78 is 33.3. The Kier molecular flexibility index (Phi) is 4.89. The lowest BCUT2D eigenvalue weighted by Crippen LogP contribution is -2.46. The molecule has 0 unspecified atom stereocenters. The van der Waals surface area contributed by atoms with E-state index in [9.17, 15) is 8.42 Å². The Morgan fingerprint density at radius 2 is 1.62 bits per heavy atom. The molecule has 1 fully saturated rings. The maximum atomic E-state index is 13.0. The average molecular weight is 346 g/mol. The van der Waals surface area contributed by atoms with Gasteiger partial charge in [0.05, 0.1) is 0 Å². The summed E-state index contributed by atoms with van der Waals surface area (Å²) in [5.41, 5.74) is 2.15. The smallest absolute Gasteiger partial charge is 0.246 e. The van der Waals surface area contributed by atoms with Gasteiger partial charge in [0.25, 0.3) is 0 Å². The molecule has 1 aliphatic rings. The number of ether oxygens (including phenoxy) is 1. The van der Waals surface area contributed by atoms with Crippen LogP contribution in [0, 0.1) is 13.8 Å². The van der Waals surface area contributed by atoms with E-state index in [4.69, 9.17) is 4.74 Å². The number of sulfonamides is 1. The molecule has 0 bridgehead atoms. The SMILES string of the molecule is Cc1cc(C)cc(Oc2ccccc2S(=O)(=O)N2CCNCC2)c1. The van der Waals surface area contributed by atoms with Gasteiger partial charge in [-0.3, -0.25) is 0 Å². The van der Waals surface area contributed by atoms with Crippen LogP contribution in [0.3, 0.4) is 0 Å². The Bertz CT molecular complexity index is 808. The molecule has 0 amide bonds. The summed E-state index contributed by atoms with van der Waals surface area (Å²) in [6, 6.07) is 12.7. The van der Waals surface area contributed by atoms with Crippen molar-refractivity contribution in [3.63, 3.8) is 0 Å². The molecular weight excluding hydrogens is 324 g/mol. The highest BCUT2D eigenvalue weighted by Gasteiger charge is 2.28. The number of hydrogen-bond donors (Lipinski definition) is 1. The van der Waals surface area contributed by atoms with Crippen LogP contribution in [-0.4, -0.2) is 38.9 Å². The highest BCUT2D eigenvalue weighted by molar-refractivity contribution is 7.89. The summed E-state index contributed by atoms with van der Waals surface area (Å²) in [6.07, 6.45) is 0. The van der Waals surface area contributed by atoms with E-state index in [0.29, 0.717) is 37.7 Å². The molecule has 0 spiro atoms. The second-order valence-corrected chi connectivity index (χ2v) is 7.93. The summed E-state index contributed by atoms with van der Waals surface area (Å²) in [6.45, 7) is 6.26. The van der Waals surface area contributed by atoms with Crippen molar-refractivity contribution in [3.8, 4) is 11.5 Å². The van der Waals surface area contributed by atoms with Crippen LogP contribution in [0.5, 0.6) is 11.5 Å². The molecule has 0 saturated carbocycles. The van der Waals surface area contributed by atoms with Crippen molar-refractivity contribution < 1.29 is 13.2 Å². The molecule has 5 nitrogen and oxygen atoms in total. The van der Waals surface area contributed by atoms with Crippen LogP contribution in [-0.2, 0) is 10.0 Å². The molecule has 0 aromatic heterocycles. The molecule has 2 aromatic carbocycles. The average Bonchev–Trinajstić information content (AvgIpc) is 2.55. The van der Waals surface area contributed by atoms with Crippen LogP contribution in [0.25, 0.3) is 0 Å². The lowest BCUT2D eigenvalue weighted by Gasteiger charge is -2.27. The largest absolute Gasteiger partial charge is 0.456 e. The Hall–Kier alpha value is -1.89. The lowest BCUT2D eigenvalue weighted by atomic mass is 10.1. The molecule has 1 N–H and O–H groups in total. The highest BCUT2D eigenvalue weighted by atomic mass is 32.2. The van der Waals surface area contributed by atoms with Gasteiger partial charge in [0.15, 0.2) is 0 Å². The van der Waals surface area contributed by atoms with Crippen molar-refractivity contribution in [1.82, 2.24) is 9.62 Å². The quantitative estimate of drug-likeness (QED) is 0.925. The first kappa shape index (κ1) is 17.0. The Morgan fingerprint density at radius 1 is 1.00 bits per heavy atom. The predicted octanol–water partition coefficient (Wildman–Crippen LogP) is 2.69. The third-order valence-electron chi connectivity index (χ3n) is 3.97. The molecule has 128 valence electrons. The summed E-state index contributed by atoms with van der Waals surface area (Å²) >= 11 is 0. The topological polar surface area (TPSA) is 58.6 Å². The Morgan fingerprint density at radius 3 is 2.29 bits per heavy atom. The first-order chi connectivity index (χ1) is 11.5. The van der Waals surface area contributed by atoms with Gasteiger partial charge in [-0.05, 0) is 49.2 Å². The van der Waals surface area contributed by atoms with Crippen LogP contribution in [0.15, 0.2) is 47.4 Å². The van der Waals surface area contributed by atoms with Gasteiger partial charge >= 0.3 is 0 Å². The first-order valence-corrected chi connectivity index (χ1v) is 9.47. The number of rotatable bonds is 4. The van der Waals surface area contributed by atoms with Gasteiger partial charge in [-0.15, -0.1) is 0 Å². The second kappa shape index (κ2) is 6.93. The van der Waals surface area contributed by atoms with Crippen LogP contribution < -0.4 is 10.1 Å². The second-order valence-electron chi connectivity index (χ2n) is 6.03. The summed E-state index contributed by atoms with van der Waals surface area (Å²) in [5.74, 6) is 1.01. The van der Waals surface area contributed by atoms with Gasteiger partial charge in [-0.1, -0.05) is 18.2 Å². The van der Waals surface area contributed by atoms with E-state index in [2.05, 4.69) is 11.4 Å². The van der Waals surface area contributed by atoms with Crippen LogP contribution in [0.2, 0.25) is 0 Å². The molecule has 0 atom stereocenters. The van der Waals surface area contributed by atoms with Crippen molar-refractivity contribution in [3.05, 3.63) is 53.6 Å². The van der Waals surface area contributed by atoms with Crippen LogP contribution >= 0.6 is 0 Å². The van der Waals surface area contributed by atoms with Crippen LogP contribution in [0.4, 0.5) is 0 Å². The number of nitrogens with one attached hydrogen (secondary N) is 1. The fourth-order valence-corrected chi connectivity index (χ4v) is 4.45. The predicted molar refractivity (Wildman–Crippen MR) is 94.1 cm³/mol. The van der Waals surface area contributed by atoms with E-state index in [0.717, 1.165) is 11.1 Å². The number of benzene rings is 2. The highest BCUT2D eigenvalue weighted by Crippen LogP contribution is 2.31. The van der Waals surface area contributed by atoms with Gasteiger partial charge in [0.1, 0.15) is 16.4 Å². The van der Waals surface area contributed by atoms with E-state index in [1.165, 1.54) is 4.31 Å². The van der Waals surface area contributed by atoms with Gasteiger partial charge in [-0.2, -0.15) is 4.31 Å². The van der Waals surface area contributed by atoms with Crippen molar-refractivity contribution in [1.29, 1.82) is 0 Å². The zero-order chi connectivity index (χ0) is 17.2. The van der Waals surface area contributed by atoms with Gasteiger partial charge in [-0.25, -0.2) is 8.42 Å². The normalized spacial score (nSPS) is 16.1. The third kappa shape index (κ3) is 3.61. The molecule has 1 saturated heterocycles. The number of para-hydroxylation sites is 1. The fourth-order valence-electron chi connectivity index (χ4n) is 2.89. The first-order valence-electron chi connectivity index (χ1n) is 8.03. The van der Waals surface area contributed by atoms with E-state index in [1.54, 1.807) is 24.3 Å². The van der Waals surface area contributed by atoms with Crippen LogP contribution in [0.1, 0.15) is 11.1 Å². The molecular formula is C18H22N2O3S. The minimum Gasteiger partial charge on any atom is -0.456 e. The molecule has 24 heavy (non-hydrogen) atoms. The van der Waals surface area contributed by atoms with Crippen molar-refractivity contribution in [2.24, 2.45) is 0 Å². The van der Waals surface area contributed by atoms with Gasteiger partial charge in [0.2, 0.25) is 10.0 Å². The van der Waals surface area contributed by atoms with Gasteiger partial charge in [0, 0.05) is 26.2 Å². The fraction of sp³-hybridized carbons (Fsp3) is 0.333. The minimum absolute atomic E-state index is 0.214. The van der Waals surface area contributed by atoms with Gasteiger partial charge < -0.3 is 10.1 Å². The monoisotopic (exact) mass is 346 g/mol. The Balaban J connectivity index is 1.95. The molecule has 2 aromatic rings. The third-order valence-corrected chi connectivity index (χ3v) is 5.90. The molecule has 3 rings (SSSR count). The summed E-state index contributed by atoms with van der Waals surface area (Å²) in [7, 11) is -3.56. The van der Waals surface area contributed by atoms with E-state index >= 15 is 0 Å². The van der Waals surface area contributed by atoms with Crippen molar-refractivity contribution >= 4 is 10.0 Å². The number of hydrogen-bond acceptors (Lipinski definition) is 4. The molecule has 1 heterocycles. The molecule has 0 aliphatic carbocycles. The lowest BCUT2D eigenvalue weighted by molar-refractivity contribution is 0.358. The van der Waals surface area contributed by atoms with Crippen molar-refractivity contribution in [2.45, 2.75) is 18.7 Å². The zero-order valence-electron chi connectivity index (χ0n) is 14.0. The van der Waals surface area contributed by atoms with E-state index in [-0.39, 0.29) is 4.90 Å².